The molecule has 0 aromatic heterocycles. The van der Waals surface area contributed by atoms with Crippen molar-refractivity contribution in [3.8, 4) is 5.75 Å². The zero-order chi connectivity index (χ0) is 18.1. The Morgan fingerprint density at radius 1 is 1.08 bits per heavy atom. The number of nitrogens with two attached hydrogens (primary N) is 2. The van der Waals surface area contributed by atoms with Gasteiger partial charge in [-0.2, -0.15) is 0 Å². The number of ether oxygens (including phenoxy) is 1. The fourth-order valence-electron chi connectivity index (χ4n) is 4.35. The van der Waals surface area contributed by atoms with Crippen molar-refractivity contribution >= 4 is 0 Å². The third kappa shape index (κ3) is 3.76. The van der Waals surface area contributed by atoms with Crippen LogP contribution >= 0.6 is 0 Å². The molecule has 0 amide bonds. The van der Waals surface area contributed by atoms with Gasteiger partial charge in [0.1, 0.15) is 18.2 Å². The first-order chi connectivity index (χ1) is 12.5. The molecule has 2 fully saturated rings. The second kappa shape index (κ2) is 7.01. The molecular weight excluding hydrogens is 327 g/mol. The maximum absolute atomic E-state index is 13.2. The van der Waals surface area contributed by atoms with Crippen LogP contribution in [0.5, 0.6) is 5.75 Å². The SMILES string of the molecule is NC1CCC(N)(C2CC2c2ccc(OCc3cccc(F)c3)cc2)CC1. The first kappa shape index (κ1) is 17.5. The van der Waals surface area contributed by atoms with Gasteiger partial charge >= 0.3 is 0 Å². The average Bonchev–Trinajstić information content (AvgIpc) is 3.45. The molecule has 2 aliphatic rings. The molecule has 26 heavy (non-hydrogen) atoms. The molecule has 2 atom stereocenters. The summed E-state index contributed by atoms with van der Waals surface area (Å²) in [5, 5.41) is 0. The number of rotatable bonds is 5. The molecule has 138 valence electrons. The second-order valence-electron chi connectivity index (χ2n) is 8.01. The largest absolute Gasteiger partial charge is 0.489 e. The Morgan fingerprint density at radius 2 is 1.81 bits per heavy atom. The molecule has 3 nitrogen and oxygen atoms in total. The van der Waals surface area contributed by atoms with Crippen LogP contribution < -0.4 is 16.2 Å². The van der Waals surface area contributed by atoms with Gasteiger partial charge < -0.3 is 16.2 Å². The van der Waals surface area contributed by atoms with Gasteiger partial charge in [-0.25, -0.2) is 4.39 Å². The predicted octanol–water partition coefficient (Wildman–Crippen LogP) is 4.11. The quantitative estimate of drug-likeness (QED) is 0.849. The van der Waals surface area contributed by atoms with Gasteiger partial charge in [-0.3, -0.25) is 0 Å². The van der Waals surface area contributed by atoms with Crippen LogP contribution in [0.2, 0.25) is 0 Å². The molecule has 0 bridgehead atoms. The minimum absolute atomic E-state index is 0.0346. The molecule has 2 unspecified atom stereocenters. The average molecular weight is 354 g/mol. The smallest absolute Gasteiger partial charge is 0.123 e. The van der Waals surface area contributed by atoms with Crippen molar-refractivity contribution < 1.29 is 9.13 Å². The van der Waals surface area contributed by atoms with Crippen molar-refractivity contribution in [2.75, 3.05) is 0 Å². The van der Waals surface area contributed by atoms with E-state index in [9.17, 15) is 4.39 Å². The van der Waals surface area contributed by atoms with Crippen molar-refractivity contribution in [3.05, 3.63) is 65.5 Å². The summed E-state index contributed by atoms with van der Waals surface area (Å²) in [4.78, 5) is 0. The molecule has 4 N–H and O–H groups in total. The van der Waals surface area contributed by atoms with E-state index in [1.165, 1.54) is 24.1 Å². The van der Waals surface area contributed by atoms with Crippen LogP contribution in [0.1, 0.15) is 49.1 Å². The minimum atomic E-state index is -0.236. The summed E-state index contributed by atoms with van der Waals surface area (Å²) in [7, 11) is 0. The van der Waals surface area contributed by atoms with Gasteiger partial charge in [0.2, 0.25) is 0 Å². The zero-order valence-electron chi connectivity index (χ0n) is 15.0. The Morgan fingerprint density at radius 3 is 2.50 bits per heavy atom. The van der Waals surface area contributed by atoms with Crippen LogP contribution in [0.4, 0.5) is 4.39 Å². The van der Waals surface area contributed by atoms with Crippen LogP contribution in [0.15, 0.2) is 48.5 Å². The maximum atomic E-state index is 13.2. The topological polar surface area (TPSA) is 61.3 Å². The fraction of sp³-hybridized carbons (Fsp3) is 0.455. The van der Waals surface area contributed by atoms with E-state index in [-0.39, 0.29) is 11.4 Å². The highest BCUT2D eigenvalue weighted by Crippen LogP contribution is 2.56. The van der Waals surface area contributed by atoms with Crippen LogP contribution in [-0.4, -0.2) is 11.6 Å². The number of hydrogen-bond donors (Lipinski definition) is 2. The van der Waals surface area contributed by atoms with Crippen LogP contribution in [0.25, 0.3) is 0 Å². The monoisotopic (exact) mass is 354 g/mol. The highest BCUT2D eigenvalue weighted by molar-refractivity contribution is 5.34. The van der Waals surface area contributed by atoms with Crippen molar-refractivity contribution in [3.63, 3.8) is 0 Å². The van der Waals surface area contributed by atoms with E-state index in [0.717, 1.165) is 37.0 Å². The lowest BCUT2D eigenvalue weighted by atomic mass is 9.76. The lowest BCUT2D eigenvalue weighted by Gasteiger charge is -2.36. The zero-order valence-corrected chi connectivity index (χ0v) is 15.0. The molecule has 2 aliphatic carbocycles. The van der Waals surface area contributed by atoms with E-state index in [1.54, 1.807) is 6.07 Å². The molecule has 0 spiro atoms. The Bertz CT molecular complexity index is 753. The first-order valence-electron chi connectivity index (χ1n) is 9.55. The summed E-state index contributed by atoms with van der Waals surface area (Å²) in [6.07, 6.45) is 5.36. The standard InChI is InChI=1S/C22H27FN2O/c23-17-3-1-2-15(12-17)14-26-19-6-4-16(5-7-19)20-13-21(20)22(25)10-8-18(24)9-11-22/h1-7,12,18,20-21H,8-11,13-14,24-25H2. The van der Waals surface area contributed by atoms with Gasteiger partial charge in [-0.1, -0.05) is 24.3 Å². The van der Waals surface area contributed by atoms with Gasteiger partial charge in [0, 0.05) is 11.6 Å². The number of hydrogen-bond acceptors (Lipinski definition) is 3. The summed E-state index contributed by atoms with van der Waals surface area (Å²) in [5.74, 6) is 1.71. The van der Waals surface area contributed by atoms with Crippen LogP contribution in [-0.2, 0) is 6.61 Å². The second-order valence-corrected chi connectivity index (χ2v) is 8.01. The van der Waals surface area contributed by atoms with Gasteiger partial charge in [-0.15, -0.1) is 0 Å². The fourth-order valence-corrected chi connectivity index (χ4v) is 4.35. The Kier molecular flexibility index (Phi) is 4.72. The van der Waals surface area contributed by atoms with Crippen LogP contribution in [0, 0.1) is 11.7 Å². The molecule has 2 aromatic carbocycles. The molecular formula is C22H27FN2O. The Balaban J connectivity index is 1.34. The molecule has 4 rings (SSSR count). The third-order valence-corrected chi connectivity index (χ3v) is 6.09. The molecule has 2 saturated carbocycles. The Hall–Kier alpha value is -1.91. The van der Waals surface area contributed by atoms with Crippen molar-refractivity contribution in [2.24, 2.45) is 17.4 Å². The highest BCUT2D eigenvalue weighted by Gasteiger charge is 2.51. The summed E-state index contributed by atoms with van der Waals surface area (Å²) in [6.45, 7) is 0.370. The predicted molar refractivity (Wildman–Crippen MR) is 101 cm³/mol. The molecule has 0 radical (unpaired) electrons. The maximum Gasteiger partial charge on any atom is 0.123 e. The van der Waals surface area contributed by atoms with Gasteiger partial charge in [0.15, 0.2) is 0 Å². The third-order valence-electron chi connectivity index (χ3n) is 6.09. The number of benzene rings is 2. The van der Waals surface area contributed by atoms with Crippen molar-refractivity contribution in [1.29, 1.82) is 0 Å². The van der Waals surface area contributed by atoms with Gasteiger partial charge in [0.05, 0.1) is 0 Å². The van der Waals surface area contributed by atoms with E-state index >= 15 is 0 Å². The van der Waals surface area contributed by atoms with E-state index in [2.05, 4.69) is 12.1 Å². The van der Waals surface area contributed by atoms with Gasteiger partial charge in [0.25, 0.3) is 0 Å². The van der Waals surface area contributed by atoms with Crippen molar-refractivity contribution in [2.45, 2.75) is 56.2 Å². The van der Waals surface area contributed by atoms with E-state index in [0.29, 0.717) is 24.5 Å². The van der Waals surface area contributed by atoms with E-state index < -0.39 is 0 Å². The minimum Gasteiger partial charge on any atom is -0.489 e. The normalized spacial score (nSPS) is 30.8. The lowest BCUT2D eigenvalue weighted by Crippen LogP contribution is -2.48. The van der Waals surface area contributed by atoms with E-state index in [1.807, 2.05) is 18.2 Å². The Labute approximate surface area is 154 Å². The molecule has 2 aromatic rings. The molecule has 4 heteroatoms. The molecule has 0 aliphatic heterocycles. The highest BCUT2D eigenvalue weighted by atomic mass is 19.1. The van der Waals surface area contributed by atoms with Crippen LogP contribution in [0.3, 0.4) is 0 Å². The summed E-state index contributed by atoms with van der Waals surface area (Å²) in [5.41, 5.74) is 14.9. The summed E-state index contributed by atoms with van der Waals surface area (Å²) >= 11 is 0. The first-order valence-corrected chi connectivity index (χ1v) is 9.55. The van der Waals surface area contributed by atoms with Gasteiger partial charge in [-0.05, 0) is 79.3 Å². The van der Waals surface area contributed by atoms with E-state index in [4.69, 9.17) is 16.2 Å². The summed E-state index contributed by atoms with van der Waals surface area (Å²) < 4.78 is 19.0. The number of halogens is 1. The molecule has 0 saturated heterocycles. The molecule has 0 heterocycles. The lowest BCUT2D eigenvalue weighted by molar-refractivity contribution is 0.239. The van der Waals surface area contributed by atoms with Crippen molar-refractivity contribution in [1.82, 2.24) is 0 Å². The summed E-state index contributed by atoms with van der Waals surface area (Å²) in [6, 6.07) is 15.1.